The number of benzene rings is 3. The molecule has 1 N–H and O–H groups in total. The molecule has 8 nitrogen and oxygen atoms in total. The molecule has 0 aliphatic carbocycles. The highest BCUT2D eigenvalue weighted by Crippen LogP contribution is 2.35. The average molecular weight is 477 g/mol. The average Bonchev–Trinajstić information content (AvgIpc) is 2.87. The van der Waals surface area contributed by atoms with E-state index in [1.54, 1.807) is 48.4 Å². The molecule has 0 saturated carbocycles. The summed E-state index contributed by atoms with van der Waals surface area (Å²) in [5.74, 6) is 1.94. The SMILES string of the molecule is COc1ccccc1OCC(=O)Nc1ccc2c(c1)N(CCCOc1ccc(C)cc1)C(=O)CO2. The summed E-state index contributed by atoms with van der Waals surface area (Å²) in [6.07, 6.45) is 0.641. The Morgan fingerprint density at radius 1 is 1.03 bits per heavy atom. The molecule has 1 heterocycles. The van der Waals surface area contributed by atoms with Crippen molar-refractivity contribution in [3.63, 3.8) is 0 Å². The van der Waals surface area contributed by atoms with Gasteiger partial charge in [-0.15, -0.1) is 0 Å². The molecule has 0 unspecified atom stereocenters. The van der Waals surface area contributed by atoms with Gasteiger partial charge >= 0.3 is 0 Å². The summed E-state index contributed by atoms with van der Waals surface area (Å²) in [6, 6.07) is 20.2. The van der Waals surface area contributed by atoms with Crippen molar-refractivity contribution in [2.75, 3.05) is 43.7 Å². The molecule has 4 rings (SSSR count). The summed E-state index contributed by atoms with van der Waals surface area (Å²) >= 11 is 0. The number of ether oxygens (including phenoxy) is 4. The largest absolute Gasteiger partial charge is 0.494 e. The fraction of sp³-hybridized carbons (Fsp3) is 0.259. The van der Waals surface area contributed by atoms with Crippen molar-refractivity contribution in [3.8, 4) is 23.0 Å². The van der Waals surface area contributed by atoms with E-state index in [0.29, 0.717) is 48.2 Å². The Bertz CT molecular complexity index is 1180. The van der Waals surface area contributed by atoms with Crippen LogP contribution in [-0.4, -0.2) is 45.3 Å². The minimum atomic E-state index is -0.336. The van der Waals surface area contributed by atoms with Crippen LogP contribution in [0.5, 0.6) is 23.0 Å². The van der Waals surface area contributed by atoms with E-state index < -0.39 is 0 Å². The molecule has 2 amide bonds. The van der Waals surface area contributed by atoms with Gasteiger partial charge in [0.1, 0.15) is 11.5 Å². The summed E-state index contributed by atoms with van der Waals surface area (Å²) in [5, 5.41) is 2.81. The van der Waals surface area contributed by atoms with Crippen LogP contribution < -0.4 is 29.2 Å². The van der Waals surface area contributed by atoms with Crippen molar-refractivity contribution in [2.24, 2.45) is 0 Å². The van der Waals surface area contributed by atoms with Gasteiger partial charge in [0.25, 0.3) is 11.8 Å². The third-order valence-electron chi connectivity index (χ3n) is 5.43. The smallest absolute Gasteiger partial charge is 0.265 e. The normalized spacial score (nSPS) is 12.4. The Balaban J connectivity index is 1.35. The van der Waals surface area contributed by atoms with Gasteiger partial charge < -0.3 is 29.2 Å². The first kappa shape index (κ1) is 23.9. The number of nitrogens with one attached hydrogen (secondary N) is 1. The zero-order valence-corrected chi connectivity index (χ0v) is 19.8. The molecule has 1 aliphatic rings. The van der Waals surface area contributed by atoms with Crippen molar-refractivity contribution >= 4 is 23.2 Å². The quantitative estimate of drug-likeness (QED) is 0.441. The maximum absolute atomic E-state index is 12.6. The maximum Gasteiger partial charge on any atom is 0.265 e. The molecular weight excluding hydrogens is 448 g/mol. The van der Waals surface area contributed by atoms with E-state index >= 15 is 0 Å². The lowest BCUT2D eigenvalue weighted by atomic mass is 10.2. The van der Waals surface area contributed by atoms with Gasteiger partial charge in [-0.25, -0.2) is 0 Å². The minimum absolute atomic E-state index is 0.0235. The van der Waals surface area contributed by atoms with E-state index in [0.717, 1.165) is 5.75 Å². The zero-order valence-electron chi connectivity index (χ0n) is 19.8. The van der Waals surface area contributed by atoms with Crippen LogP contribution >= 0.6 is 0 Å². The standard InChI is InChI=1S/C27H28N2O6/c1-19-8-11-21(12-9-19)33-15-5-14-29-22-16-20(10-13-23(22)35-18-27(29)31)28-26(30)17-34-25-7-4-3-6-24(25)32-2/h3-4,6-13,16H,5,14-15,17-18H2,1-2H3,(H,28,30). The van der Waals surface area contributed by atoms with Gasteiger partial charge in [0.2, 0.25) is 0 Å². The summed E-state index contributed by atoms with van der Waals surface area (Å²) in [5.41, 5.74) is 2.32. The first-order chi connectivity index (χ1) is 17.0. The van der Waals surface area contributed by atoms with Gasteiger partial charge in [-0.1, -0.05) is 29.8 Å². The molecular formula is C27H28N2O6. The topological polar surface area (TPSA) is 86.3 Å². The number of carbonyl (C=O) groups is 2. The minimum Gasteiger partial charge on any atom is -0.494 e. The fourth-order valence-corrected chi connectivity index (χ4v) is 3.65. The zero-order chi connectivity index (χ0) is 24.6. The van der Waals surface area contributed by atoms with Gasteiger partial charge in [0.05, 0.1) is 19.4 Å². The highest BCUT2D eigenvalue weighted by Gasteiger charge is 2.25. The molecule has 0 bridgehead atoms. The van der Waals surface area contributed by atoms with Crippen molar-refractivity contribution in [3.05, 3.63) is 72.3 Å². The Hall–Kier alpha value is -4.20. The van der Waals surface area contributed by atoms with Gasteiger partial charge in [-0.2, -0.15) is 0 Å². The summed E-state index contributed by atoms with van der Waals surface area (Å²) in [7, 11) is 1.54. The molecule has 0 radical (unpaired) electrons. The van der Waals surface area contributed by atoms with E-state index in [-0.39, 0.29) is 25.0 Å². The van der Waals surface area contributed by atoms with Crippen molar-refractivity contribution in [1.82, 2.24) is 0 Å². The predicted octanol–water partition coefficient (Wildman–Crippen LogP) is 4.22. The number of amides is 2. The maximum atomic E-state index is 12.6. The number of aryl methyl sites for hydroxylation is 1. The van der Waals surface area contributed by atoms with Crippen LogP contribution in [-0.2, 0) is 9.59 Å². The number of fused-ring (bicyclic) bond motifs is 1. The number of rotatable bonds is 10. The molecule has 0 aromatic heterocycles. The third-order valence-corrected chi connectivity index (χ3v) is 5.43. The van der Waals surface area contributed by atoms with Gasteiger partial charge in [-0.05, 0) is 55.8 Å². The number of hydrogen-bond acceptors (Lipinski definition) is 6. The van der Waals surface area contributed by atoms with Crippen LogP contribution in [0.4, 0.5) is 11.4 Å². The second-order valence-electron chi connectivity index (χ2n) is 8.02. The van der Waals surface area contributed by atoms with Gasteiger partial charge in [-0.3, -0.25) is 9.59 Å². The molecule has 182 valence electrons. The highest BCUT2D eigenvalue weighted by atomic mass is 16.5. The molecule has 0 saturated heterocycles. The van der Waals surface area contributed by atoms with Crippen LogP contribution in [0.3, 0.4) is 0 Å². The number of anilines is 2. The predicted molar refractivity (Wildman–Crippen MR) is 133 cm³/mol. The molecule has 0 spiro atoms. The Kier molecular flexibility index (Phi) is 7.72. The summed E-state index contributed by atoms with van der Waals surface area (Å²) < 4.78 is 22.2. The molecule has 3 aromatic carbocycles. The first-order valence-corrected chi connectivity index (χ1v) is 11.4. The van der Waals surface area contributed by atoms with Crippen molar-refractivity contribution in [2.45, 2.75) is 13.3 Å². The highest BCUT2D eigenvalue weighted by molar-refractivity contribution is 5.99. The fourth-order valence-electron chi connectivity index (χ4n) is 3.65. The number of para-hydroxylation sites is 2. The van der Waals surface area contributed by atoms with E-state index in [2.05, 4.69) is 5.32 Å². The van der Waals surface area contributed by atoms with E-state index in [9.17, 15) is 9.59 Å². The molecule has 1 aliphatic heterocycles. The monoisotopic (exact) mass is 476 g/mol. The van der Waals surface area contributed by atoms with E-state index in [4.69, 9.17) is 18.9 Å². The van der Waals surface area contributed by atoms with Gasteiger partial charge in [0, 0.05) is 12.2 Å². The number of hydrogen-bond donors (Lipinski definition) is 1. The van der Waals surface area contributed by atoms with E-state index in [1.807, 2.05) is 37.3 Å². The second-order valence-corrected chi connectivity index (χ2v) is 8.02. The Morgan fingerprint density at radius 2 is 1.80 bits per heavy atom. The molecule has 35 heavy (non-hydrogen) atoms. The van der Waals surface area contributed by atoms with Crippen LogP contribution in [0.15, 0.2) is 66.7 Å². The summed E-state index contributed by atoms with van der Waals surface area (Å²) in [6.45, 7) is 2.75. The molecule has 3 aromatic rings. The van der Waals surface area contributed by atoms with Crippen LogP contribution in [0.2, 0.25) is 0 Å². The van der Waals surface area contributed by atoms with E-state index in [1.165, 1.54) is 5.56 Å². The molecule has 0 fully saturated rings. The lowest BCUT2D eigenvalue weighted by Crippen LogP contribution is -2.39. The van der Waals surface area contributed by atoms with Gasteiger partial charge in [0.15, 0.2) is 24.7 Å². The number of nitrogens with zero attached hydrogens (tertiary/aromatic N) is 1. The van der Waals surface area contributed by atoms with Crippen LogP contribution in [0, 0.1) is 6.92 Å². The lowest BCUT2D eigenvalue weighted by Gasteiger charge is -2.30. The Morgan fingerprint density at radius 3 is 2.57 bits per heavy atom. The number of methoxy groups -OCH3 is 1. The van der Waals surface area contributed by atoms with Crippen molar-refractivity contribution in [1.29, 1.82) is 0 Å². The van der Waals surface area contributed by atoms with Crippen molar-refractivity contribution < 1.29 is 28.5 Å². The first-order valence-electron chi connectivity index (χ1n) is 11.4. The van der Waals surface area contributed by atoms with Crippen LogP contribution in [0.1, 0.15) is 12.0 Å². The van der Waals surface area contributed by atoms with Crippen LogP contribution in [0.25, 0.3) is 0 Å². The Labute approximate surface area is 204 Å². The second kappa shape index (κ2) is 11.3. The third kappa shape index (κ3) is 6.23. The molecule has 0 atom stereocenters. The number of carbonyl (C=O) groups excluding carboxylic acids is 2. The lowest BCUT2D eigenvalue weighted by molar-refractivity contribution is -0.121. The molecule has 8 heteroatoms. The summed E-state index contributed by atoms with van der Waals surface area (Å²) in [4.78, 5) is 26.7.